The second-order valence-corrected chi connectivity index (χ2v) is 14.8. The number of hydrogen-bond acceptors (Lipinski definition) is 13. The molecule has 3 aliphatic rings. The summed E-state index contributed by atoms with van der Waals surface area (Å²) in [6.07, 6.45) is 8.71. The molecule has 0 unspecified atom stereocenters. The van der Waals surface area contributed by atoms with Crippen molar-refractivity contribution in [3.05, 3.63) is 131 Å². The summed E-state index contributed by atoms with van der Waals surface area (Å²) < 4.78 is 61.2. The Hall–Kier alpha value is -6.66. The average Bonchev–Trinajstić information content (AvgIpc) is 4.09. The Morgan fingerprint density at radius 3 is 1.81 bits per heavy atom. The Morgan fingerprint density at radius 2 is 1.24 bits per heavy atom. The number of benzene rings is 2. The minimum Gasteiger partial charge on any atom is -0.473 e. The van der Waals surface area contributed by atoms with Crippen molar-refractivity contribution >= 4 is 63.1 Å². The van der Waals surface area contributed by atoms with Gasteiger partial charge in [0.1, 0.15) is 24.8 Å². The highest BCUT2D eigenvalue weighted by atomic mass is 32.1. The molecule has 2 amide bonds. The van der Waals surface area contributed by atoms with E-state index in [9.17, 15) is 18.4 Å². The fraction of sp³-hybridized carbons (Fsp3) is 0.200. The SMILES string of the molecule is O=C1O[C@@H](COc2ccsn2)CN1c1ccc(-n2cc3ccncc3c2)c(F)c1.O=C1O[C@@H](COc2ccsn2)CN1c1ccc(N2Cc3ccncc3C2)c(F)c1. The van der Waals surface area contributed by atoms with Crippen LogP contribution in [0.2, 0.25) is 0 Å². The fourth-order valence-electron chi connectivity index (χ4n) is 6.85. The van der Waals surface area contributed by atoms with Crippen molar-refractivity contribution in [2.75, 3.05) is 41.0 Å². The molecule has 2 atom stereocenters. The summed E-state index contributed by atoms with van der Waals surface area (Å²) in [5.41, 5.74) is 4.04. The van der Waals surface area contributed by atoms with Gasteiger partial charge in [-0.2, -0.15) is 8.75 Å². The van der Waals surface area contributed by atoms with Crippen LogP contribution in [0, 0.1) is 11.6 Å². The van der Waals surface area contributed by atoms with E-state index in [1.807, 2.05) is 41.0 Å². The van der Waals surface area contributed by atoms with E-state index in [-0.39, 0.29) is 25.6 Å². The van der Waals surface area contributed by atoms with Gasteiger partial charge in [-0.3, -0.25) is 19.8 Å². The summed E-state index contributed by atoms with van der Waals surface area (Å²) >= 11 is 2.57. The molecule has 2 saturated heterocycles. The second kappa shape index (κ2) is 16.1. The van der Waals surface area contributed by atoms with E-state index in [4.69, 9.17) is 18.9 Å². The van der Waals surface area contributed by atoms with E-state index in [0.717, 1.165) is 21.9 Å². The molecule has 0 saturated carbocycles. The molecule has 7 aromatic rings. The minimum absolute atomic E-state index is 0.191. The number of aromatic nitrogens is 5. The van der Waals surface area contributed by atoms with E-state index >= 15 is 0 Å². The van der Waals surface area contributed by atoms with Crippen LogP contribution in [0.4, 0.5) is 35.4 Å². The Bertz CT molecular complexity index is 2520. The van der Waals surface area contributed by atoms with E-state index in [0.29, 0.717) is 54.1 Å². The number of ether oxygens (including phenoxy) is 4. The van der Waals surface area contributed by atoms with Crippen LogP contribution in [-0.2, 0) is 22.6 Å². The van der Waals surface area contributed by atoms with Gasteiger partial charge in [0.15, 0.2) is 12.2 Å². The quantitative estimate of drug-likeness (QED) is 0.135. The summed E-state index contributed by atoms with van der Waals surface area (Å²) in [4.78, 5) is 37.5. The first-order valence-corrected chi connectivity index (χ1v) is 19.7. The number of carbonyl (C=O) groups excluding carboxylic acids is 2. The molecule has 8 heterocycles. The molecule has 294 valence electrons. The molecule has 58 heavy (non-hydrogen) atoms. The zero-order valence-electron chi connectivity index (χ0n) is 30.4. The molecule has 14 nitrogen and oxygen atoms in total. The zero-order valence-corrected chi connectivity index (χ0v) is 32.0. The number of fused-ring (bicyclic) bond motifs is 2. The highest BCUT2D eigenvalue weighted by molar-refractivity contribution is 7.03. The fourth-order valence-corrected chi connectivity index (χ4v) is 7.76. The molecule has 3 aliphatic heterocycles. The van der Waals surface area contributed by atoms with E-state index < -0.39 is 30.2 Å². The number of halogens is 2. The molecule has 10 rings (SSSR count). The molecule has 0 spiro atoms. The highest BCUT2D eigenvalue weighted by Gasteiger charge is 2.35. The molecule has 0 N–H and O–H groups in total. The van der Waals surface area contributed by atoms with Crippen LogP contribution in [0.1, 0.15) is 11.1 Å². The largest absolute Gasteiger partial charge is 0.473 e. The van der Waals surface area contributed by atoms with Crippen molar-refractivity contribution in [1.82, 2.24) is 23.3 Å². The van der Waals surface area contributed by atoms with Gasteiger partial charge in [0.2, 0.25) is 11.8 Å². The van der Waals surface area contributed by atoms with Crippen molar-refractivity contribution in [2.24, 2.45) is 0 Å². The van der Waals surface area contributed by atoms with Gasteiger partial charge in [-0.1, -0.05) is 0 Å². The van der Waals surface area contributed by atoms with Crippen molar-refractivity contribution in [2.45, 2.75) is 25.3 Å². The maximum atomic E-state index is 14.9. The van der Waals surface area contributed by atoms with Gasteiger partial charge in [-0.05, 0) is 82.7 Å². The summed E-state index contributed by atoms with van der Waals surface area (Å²) in [5.74, 6) is 0.180. The van der Waals surface area contributed by atoms with E-state index in [2.05, 4.69) is 18.7 Å². The predicted octanol–water partition coefficient (Wildman–Crippen LogP) is 7.63. The first kappa shape index (κ1) is 36.9. The van der Waals surface area contributed by atoms with E-state index in [1.54, 1.807) is 64.9 Å². The number of nitrogens with zero attached hydrogens (tertiary/aromatic N) is 8. The molecule has 5 aromatic heterocycles. The standard InChI is InChI=1S/C20H17FN4O3S.C20H15FN4O3S/c2*21-17-7-15(1-2-18(17)24-9-13-3-5-22-8-14(13)10-24)25-11-16(28-20(25)26)12-27-19-4-6-29-23-19/h1-8,16H,9-12H2;1-10,16H,11-12H2/t2*16-/m11/s1. The lowest BCUT2D eigenvalue weighted by Crippen LogP contribution is -2.27. The molecule has 0 bridgehead atoms. The van der Waals surface area contributed by atoms with Crippen LogP contribution >= 0.6 is 23.1 Å². The third-order valence-electron chi connectivity index (χ3n) is 9.69. The van der Waals surface area contributed by atoms with Crippen molar-refractivity contribution < 1.29 is 37.3 Å². The van der Waals surface area contributed by atoms with Crippen LogP contribution < -0.4 is 24.2 Å². The smallest absolute Gasteiger partial charge is 0.414 e. The molecule has 0 aliphatic carbocycles. The number of carbonyl (C=O) groups is 2. The summed E-state index contributed by atoms with van der Waals surface area (Å²) in [6, 6.07) is 16.8. The number of hydrogen-bond donors (Lipinski definition) is 0. The van der Waals surface area contributed by atoms with Gasteiger partial charge >= 0.3 is 12.2 Å². The molecule has 0 radical (unpaired) electrons. The third-order valence-corrected chi connectivity index (χ3v) is 10.8. The average molecular weight is 823 g/mol. The van der Waals surface area contributed by atoms with Crippen LogP contribution in [0.15, 0.2) is 109 Å². The Balaban J connectivity index is 0.000000150. The highest BCUT2D eigenvalue weighted by Crippen LogP contribution is 2.33. The summed E-state index contributed by atoms with van der Waals surface area (Å²) in [5, 5.41) is 5.50. The third kappa shape index (κ3) is 7.83. The Kier molecular flexibility index (Phi) is 10.2. The Morgan fingerprint density at radius 1 is 0.672 bits per heavy atom. The molecule has 2 aromatic carbocycles. The lowest BCUT2D eigenvalue weighted by atomic mass is 10.2. The normalized spacial score (nSPS) is 17.2. The molecule has 18 heteroatoms. The monoisotopic (exact) mass is 822 g/mol. The van der Waals surface area contributed by atoms with Gasteiger partial charge in [-0.25, -0.2) is 18.4 Å². The molecular formula is C40H32F2N8O6S2. The van der Waals surface area contributed by atoms with Gasteiger partial charge < -0.3 is 28.4 Å². The predicted molar refractivity (Wildman–Crippen MR) is 212 cm³/mol. The number of rotatable bonds is 10. The maximum Gasteiger partial charge on any atom is 0.414 e. The van der Waals surface area contributed by atoms with E-state index in [1.165, 1.54) is 45.0 Å². The lowest BCUT2D eigenvalue weighted by molar-refractivity contribution is 0.103. The van der Waals surface area contributed by atoms with Gasteiger partial charge in [0, 0.05) is 83.9 Å². The van der Waals surface area contributed by atoms with Crippen LogP contribution in [0.5, 0.6) is 11.8 Å². The summed E-state index contributed by atoms with van der Waals surface area (Å²) in [6.45, 7) is 2.21. The van der Waals surface area contributed by atoms with Crippen molar-refractivity contribution in [3.8, 4) is 17.4 Å². The van der Waals surface area contributed by atoms with Crippen molar-refractivity contribution in [1.29, 1.82) is 0 Å². The zero-order chi connectivity index (χ0) is 39.6. The Labute approximate surface area is 337 Å². The number of anilines is 3. The topological polar surface area (TPSA) is 137 Å². The number of pyridine rings is 2. The van der Waals surface area contributed by atoms with Gasteiger partial charge in [-0.15, -0.1) is 0 Å². The van der Waals surface area contributed by atoms with Crippen LogP contribution in [-0.4, -0.2) is 74.0 Å². The molecular weight excluding hydrogens is 791 g/mol. The minimum atomic E-state index is -0.526. The lowest BCUT2D eigenvalue weighted by Gasteiger charge is -2.20. The first-order chi connectivity index (χ1) is 28.3. The van der Waals surface area contributed by atoms with Gasteiger partial charge in [0.25, 0.3) is 0 Å². The second-order valence-electron chi connectivity index (χ2n) is 13.5. The van der Waals surface area contributed by atoms with Crippen LogP contribution in [0.25, 0.3) is 16.5 Å². The van der Waals surface area contributed by atoms with Crippen molar-refractivity contribution in [3.63, 3.8) is 0 Å². The maximum absolute atomic E-state index is 14.9. The van der Waals surface area contributed by atoms with Gasteiger partial charge in [0.05, 0.1) is 35.8 Å². The first-order valence-electron chi connectivity index (χ1n) is 18.0. The molecule has 2 fully saturated rings. The number of cyclic esters (lactones) is 2. The van der Waals surface area contributed by atoms with Crippen LogP contribution in [0.3, 0.4) is 0 Å². The summed E-state index contributed by atoms with van der Waals surface area (Å²) in [7, 11) is 0. The number of amides is 2.